The Morgan fingerprint density at radius 3 is 2.62 bits per heavy atom. The minimum absolute atomic E-state index is 0.295. The summed E-state index contributed by atoms with van der Waals surface area (Å²) in [7, 11) is 0. The van der Waals surface area contributed by atoms with E-state index in [1.165, 1.54) is 0 Å². The molecular formula is C23H19N3O3. The largest absolute Gasteiger partial charge is 0.467 e. The number of hydrogen-bond donors (Lipinski definition) is 2. The summed E-state index contributed by atoms with van der Waals surface area (Å²) >= 11 is 0. The molecule has 29 heavy (non-hydrogen) atoms. The number of hydrogen-bond acceptors (Lipinski definition) is 5. The first kappa shape index (κ1) is 18.3. The number of anilines is 2. The van der Waals surface area contributed by atoms with Crippen LogP contribution in [0.25, 0.3) is 0 Å². The molecule has 0 spiro atoms. The van der Waals surface area contributed by atoms with Gasteiger partial charge in [0.15, 0.2) is 5.75 Å². The Balaban J connectivity index is 1.46. The van der Waals surface area contributed by atoms with Crippen LogP contribution >= 0.6 is 0 Å². The molecule has 2 aromatic carbocycles. The molecule has 2 heterocycles. The Morgan fingerprint density at radius 2 is 1.79 bits per heavy atom. The van der Waals surface area contributed by atoms with E-state index in [1.54, 1.807) is 36.7 Å². The van der Waals surface area contributed by atoms with E-state index in [0.29, 0.717) is 29.4 Å². The van der Waals surface area contributed by atoms with Crippen LogP contribution in [0.15, 0.2) is 95.7 Å². The van der Waals surface area contributed by atoms with Crippen LogP contribution in [0, 0.1) is 0 Å². The van der Waals surface area contributed by atoms with Gasteiger partial charge in [-0.3, -0.25) is 9.78 Å². The molecule has 1 amide bonds. The zero-order valence-corrected chi connectivity index (χ0v) is 15.5. The second kappa shape index (κ2) is 8.75. The summed E-state index contributed by atoms with van der Waals surface area (Å²) < 4.78 is 11.2. The number of nitrogens with zero attached hydrogens (tertiary/aromatic N) is 1. The molecule has 6 nitrogen and oxygen atoms in total. The topological polar surface area (TPSA) is 76.4 Å². The summed E-state index contributed by atoms with van der Waals surface area (Å²) in [6, 6.07) is 23.9. The van der Waals surface area contributed by atoms with E-state index >= 15 is 0 Å². The minimum atomic E-state index is -0.323. The lowest BCUT2D eigenvalue weighted by atomic mass is 10.2. The van der Waals surface area contributed by atoms with E-state index in [0.717, 1.165) is 11.4 Å². The number of furan rings is 1. The summed E-state index contributed by atoms with van der Waals surface area (Å²) in [5.41, 5.74) is 1.64. The summed E-state index contributed by atoms with van der Waals surface area (Å²) in [4.78, 5) is 16.9. The number of ether oxygens (including phenoxy) is 1. The lowest BCUT2D eigenvalue weighted by molar-refractivity contribution is 0.102. The molecule has 0 bridgehead atoms. The van der Waals surface area contributed by atoms with E-state index in [1.807, 2.05) is 54.6 Å². The Kier molecular flexibility index (Phi) is 5.53. The van der Waals surface area contributed by atoms with Crippen LogP contribution in [0.4, 0.5) is 11.4 Å². The second-order valence-electron chi connectivity index (χ2n) is 6.23. The molecular weight excluding hydrogens is 366 g/mol. The third-order valence-corrected chi connectivity index (χ3v) is 4.15. The predicted octanol–water partition coefficient (Wildman–Crippen LogP) is 5.33. The summed E-state index contributed by atoms with van der Waals surface area (Å²) in [6.07, 6.45) is 3.21. The number of carbonyl (C=O) groups is 1. The third-order valence-electron chi connectivity index (χ3n) is 4.15. The monoisotopic (exact) mass is 385 g/mol. The molecule has 0 atom stereocenters. The zero-order chi connectivity index (χ0) is 19.9. The van der Waals surface area contributed by atoms with Crippen molar-refractivity contribution < 1.29 is 13.9 Å². The molecule has 0 saturated carbocycles. The van der Waals surface area contributed by atoms with Crippen molar-refractivity contribution in [3.05, 3.63) is 103 Å². The number of carbonyl (C=O) groups excluding carboxylic acids is 1. The molecule has 2 aromatic heterocycles. The Labute approximate surface area is 168 Å². The van der Waals surface area contributed by atoms with E-state index in [4.69, 9.17) is 9.15 Å². The maximum Gasteiger partial charge on any atom is 0.274 e. The normalized spacial score (nSPS) is 10.3. The first-order chi connectivity index (χ1) is 14.3. The molecule has 0 unspecified atom stereocenters. The molecule has 0 aliphatic carbocycles. The number of benzene rings is 2. The van der Waals surface area contributed by atoms with Gasteiger partial charge in [0, 0.05) is 11.9 Å². The smallest absolute Gasteiger partial charge is 0.274 e. The highest BCUT2D eigenvalue weighted by atomic mass is 16.5. The summed E-state index contributed by atoms with van der Waals surface area (Å²) in [6.45, 7) is 0.520. The van der Waals surface area contributed by atoms with Crippen LogP contribution in [0.2, 0.25) is 0 Å². The number of pyridine rings is 1. The lowest BCUT2D eigenvalue weighted by Crippen LogP contribution is -2.14. The standard InChI is InChI=1S/C23H19N3O3/c27-23(21-15-17(12-13-24-21)25-16-19-9-6-14-28-19)26-20-10-4-5-11-22(20)29-18-7-2-1-3-8-18/h1-15H,16H2,(H,24,25)(H,26,27). The van der Waals surface area contributed by atoms with Gasteiger partial charge in [0.1, 0.15) is 17.2 Å². The fourth-order valence-electron chi connectivity index (χ4n) is 2.73. The number of aromatic nitrogens is 1. The maximum atomic E-state index is 12.7. The highest BCUT2D eigenvalue weighted by Crippen LogP contribution is 2.29. The summed E-state index contributed by atoms with van der Waals surface area (Å²) in [5.74, 6) is 1.73. The fourth-order valence-corrected chi connectivity index (χ4v) is 2.73. The van der Waals surface area contributed by atoms with Gasteiger partial charge in [-0.15, -0.1) is 0 Å². The average Bonchev–Trinajstić information content (AvgIpc) is 3.28. The van der Waals surface area contributed by atoms with Crippen LogP contribution in [0.3, 0.4) is 0 Å². The summed E-state index contributed by atoms with van der Waals surface area (Å²) in [5, 5.41) is 6.08. The van der Waals surface area contributed by atoms with Gasteiger partial charge in [0.25, 0.3) is 5.91 Å². The fraction of sp³-hybridized carbons (Fsp3) is 0.0435. The number of amides is 1. The molecule has 2 N–H and O–H groups in total. The van der Waals surface area contributed by atoms with Crippen LogP contribution in [0.5, 0.6) is 11.5 Å². The van der Waals surface area contributed by atoms with Gasteiger partial charge in [-0.25, -0.2) is 0 Å². The molecule has 0 saturated heterocycles. The van der Waals surface area contributed by atoms with Crippen molar-refractivity contribution in [3.63, 3.8) is 0 Å². The molecule has 0 fully saturated rings. The van der Waals surface area contributed by atoms with Crippen LogP contribution in [-0.4, -0.2) is 10.9 Å². The molecule has 4 rings (SSSR count). The zero-order valence-electron chi connectivity index (χ0n) is 15.5. The Morgan fingerprint density at radius 1 is 0.966 bits per heavy atom. The molecule has 0 aliphatic rings. The van der Waals surface area contributed by atoms with E-state index in [2.05, 4.69) is 15.6 Å². The number of nitrogens with one attached hydrogen (secondary N) is 2. The first-order valence-corrected chi connectivity index (χ1v) is 9.13. The van der Waals surface area contributed by atoms with Gasteiger partial charge < -0.3 is 19.8 Å². The van der Waals surface area contributed by atoms with Crippen molar-refractivity contribution in [1.29, 1.82) is 0 Å². The van der Waals surface area contributed by atoms with Crippen molar-refractivity contribution in [2.24, 2.45) is 0 Å². The highest BCUT2D eigenvalue weighted by molar-refractivity contribution is 6.04. The second-order valence-corrected chi connectivity index (χ2v) is 6.23. The van der Waals surface area contributed by atoms with Gasteiger partial charge in [-0.2, -0.15) is 0 Å². The Bertz CT molecular complexity index is 1080. The van der Waals surface area contributed by atoms with Crippen molar-refractivity contribution in [3.8, 4) is 11.5 Å². The SMILES string of the molecule is O=C(Nc1ccccc1Oc1ccccc1)c1cc(NCc2ccco2)ccn1. The molecule has 4 aromatic rings. The predicted molar refractivity (Wildman–Crippen MR) is 111 cm³/mol. The van der Waals surface area contributed by atoms with Crippen molar-refractivity contribution in [1.82, 2.24) is 4.98 Å². The molecule has 6 heteroatoms. The average molecular weight is 385 g/mol. The van der Waals surface area contributed by atoms with Gasteiger partial charge in [-0.1, -0.05) is 30.3 Å². The van der Waals surface area contributed by atoms with Crippen molar-refractivity contribution >= 4 is 17.3 Å². The van der Waals surface area contributed by atoms with Crippen LogP contribution in [0.1, 0.15) is 16.2 Å². The molecule has 0 aliphatic heterocycles. The molecule has 144 valence electrons. The maximum absolute atomic E-state index is 12.7. The van der Waals surface area contributed by atoms with Gasteiger partial charge in [0.05, 0.1) is 18.5 Å². The third kappa shape index (κ3) is 4.81. The molecule has 0 radical (unpaired) electrons. The first-order valence-electron chi connectivity index (χ1n) is 9.13. The number of rotatable bonds is 7. The highest BCUT2D eigenvalue weighted by Gasteiger charge is 2.12. The van der Waals surface area contributed by atoms with Gasteiger partial charge in [-0.05, 0) is 48.5 Å². The Hall–Kier alpha value is -4.06. The van der Waals surface area contributed by atoms with E-state index < -0.39 is 0 Å². The van der Waals surface area contributed by atoms with Crippen molar-refractivity contribution in [2.45, 2.75) is 6.54 Å². The van der Waals surface area contributed by atoms with Gasteiger partial charge >= 0.3 is 0 Å². The number of para-hydroxylation sites is 3. The van der Waals surface area contributed by atoms with Gasteiger partial charge in [0.2, 0.25) is 0 Å². The van der Waals surface area contributed by atoms with E-state index in [-0.39, 0.29) is 5.91 Å². The van der Waals surface area contributed by atoms with Crippen molar-refractivity contribution in [2.75, 3.05) is 10.6 Å². The van der Waals surface area contributed by atoms with Crippen LogP contribution < -0.4 is 15.4 Å². The quantitative estimate of drug-likeness (QED) is 0.450. The van der Waals surface area contributed by atoms with E-state index in [9.17, 15) is 4.79 Å². The minimum Gasteiger partial charge on any atom is -0.467 e. The van der Waals surface area contributed by atoms with Crippen LogP contribution in [-0.2, 0) is 6.54 Å². The lowest BCUT2D eigenvalue weighted by Gasteiger charge is -2.12.